The molecular formula is C6H19NO3Si2. The number of hydrogen-bond donors (Lipinski definition) is 1. The summed E-state index contributed by atoms with van der Waals surface area (Å²) in [6.45, 7) is 0.659. The second-order valence-electron chi connectivity index (χ2n) is 2.42. The van der Waals surface area contributed by atoms with Crippen LogP contribution in [0.5, 0.6) is 0 Å². The average Bonchev–Trinajstić information content (AvgIpc) is 2.13. The monoisotopic (exact) mass is 209 g/mol. The predicted octanol–water partition coefficient (Wildman–Crippen LogP) is -1.09. The van der Waals surface area contributed by atoms with Crippen molar-refractivity contribution in [2.24, 2.45) is 5.73 Å². The molecule has 2 N–H and O–H groups in total. The van der Waals surface area contributed by atoms with E-state index in [0.717, 1.165) is 28.9 Å². The molecule has 0 saturated carbocycles. The Balaban J connectivity index is 3.95. The molecule has 6 heteroatoms. The van der Waals surface area contributed by atoms with Crippen molar-refractivity contribution in [3.05, 3.63) is 0 Å². The standard InChI is InChI=1S/C6H19NO3Si2/c1-8-12(9-2,10-6-11)5-3-4-7/h3-7H2,1-2,11H3. The van der Waals surface area contributed by atoms with E-state index in [-0.39, 0.29) is 0 Å². The first-order chi connectivity index (χ1) is 5.74. The van der Waals surface area contributed by atoms with E-state index in [1.807, 2.05) is 0 Å². The van der Waals surface area contributed by atoms with Gasteiger partial charge < -0.3 is 19.0 Å². The third kappa shape index (κ3) is 3.79. The van der Waals surface area contributed by atoms with Crippen molar-refractivity contribution in [1.82, 2.24) is 0 Å². The Morgan fingerprint density at radius 1 is 1.33 bits per heavy atom. The summed E-state index contributed by atoms with van der Waals surface area (Å²) in [6.07, 6.45) is 1.66. The van der Waals surface area contributed by atoms with Gasteiger partial charge in [0.1, 0.15) is 0 Å². The van der Waals surface area contributed by atoms with Crippen LogP contribution in [0.1, 0.15) is 6.42 Å². The summed E-state index contributed by atoms with van der Waals surface area (Å²) in [4.78, 5) is 0. The van der Waals surface area contributed by atoms with E-state index in [9.17, 15) is 0 Å². The van der Waals surface area contributed by atoms with Gasteiger partial charge in [-0.15, -0.1) is 0 Å². The van der Waals surface area contributed by atoms with Crippen molar-refractivity contribution >= 4 is 19.0 Å². The van der Waals surface area contributed by atoms with Crippen LogP contribution < -0.4 is 5.73 Å². The zero-order valence-corrected chi connectivity index (χ0v) is 11.1. The molecule has 0 aliphatic rings. The van der Waals surface area contributed by atoms with Gasteiger partial charge >= 0.3 is 8.80 Å². The van der Waals surface area contributed by atoms with E-state index in [4.69, 9.17) is 19.0 Å². The molecule has 0 aromatic rings. The maximum Gasteiger partial charge on any atom is 0.500 e. The lowest BCUT2D eigenvalue weighted by Gasteiger charge is -2.25. The molecule has 4 nitrogen and oxygen atoms in total. The molecule has 0 bridgehead atoms. The highest BCUT2D eigenvalue weighted by Gasteiger charge is 2.37. The van der Waals surface area contributed by atoms with E-state index >= 15 is 0 Å². The summed E-state index contributed by atoms with van der Waals surface area (Å²) in [5.41, 5.74) is 5.41. The molecule has 0 aromatic carbocycles. The lowest BCUT2D eigenvalue weighted by molar-refractivity contribution is 0.116. The molecule has 0 fully saturated rings. The van der Waals surface area contributed by atoms with E-state index < -0.39 is 8.80 Å². The number of rotatable bonds is 7. The molecule has 74 valence electrons. The summed E-state index contributed by atoms with van der Waals surface area (Å²) < 4.78 is 16.1. The largest absolute Gasteiger partial charge is 0.500 e. The van der Waals surface area contributed by atoms with Crippen LogP contribution >= 0.6 is 0 Å². The van der Waals surface area contributed by atoms with Gasteiger partial charge in [-0.25, -0.2) is 0 Å². The first-order valence-electron chi connectivity index (χ1n) is 4.19. The highest BCUT2D eigenvalue weighted by Crippen LogP contribution is 2.14. The first-order valence-corrected chi connectivity index (χ1v) is 7.53. The third-order valence-corrected chi connectivity index (χ3v) is 5.48. The van der Waals surface area contributed by atoms with Gasteiger partial charge in [0.15, 0.2) is 0 Å². The maximum atomic E-state index is 5.53. The molecule has 0 aliphatic carbocycles. The van der Waals surface area contributed by atoms with Crippen LogP contribution in [-0.4, -0.2) is 46.0 Å². The lowest BCUT2D eigenvalue weighted by atomic mass is 10.5. The fraction of sp³-hybridized carbons (Fsp3) is 1.00. The average molecular weight is 209 g/mol. The smallest absolute Gasteiger partial charge is 0.378 e. The Bertz CT molecular complexity index is 111. The van der Waals surface area contributed by atoms with Gasteiger partial charge in [-0.3, -0.25) is 0 Å². The second kappa shape index (κ2) is 6.75. The summed E-state index contributed by atoms with van der Waals surface area (Å²) >= 11 is 0. The molecule has 0 rings (SSSR count). The minimum absolute atomic E-state index is 0.659. The summed E-state index contributed by atoms with van der Waals surface area (Å²) in [7, 11) is 1.98. The highest BCUT2D eigenvalue weighted by molar-refractivity contribution is 6.60. The van der Waals surface area contributed by atoms with Gasteiger partial charge in [0.2, 0.25) is 0 Å². The van der Waals surface area contributed by atoms with Crippen molar-refractivity contribution in [3.8, 4) is 0 Å². The number of hydrogen-bond acceptors (Lipinski definition) is 4. The SMILES string of the molecule is CO[Si](CCCN)(OC)OC[SiH3]. The van der Waals surface area contributed by atoms with Crippen LogP contribution in [0.3, 0.4) is 0 Å². The zero-order valence-electron chi connectivity index (χ0n) is 8.13. The molecule has 0 aliphatic heterocycles. The van der Waals surface area contributed by atoms with Crippen LogP contribution in [0.15, 0.2) is 0 Å². The van der Waals surface area contributed by atoms with E-state index in [1.165, 1.54) is 0 Å². The van der Waals surface area contributed by atoms with Crippen LogP contribution in [0.25, 0.3) is 0 Å². The van der Waals surface area contributed by atoms with Crippen LogP contribution in [-0.2, 0) is 13.3 Å². The topological polar surface area (TPSA) is 53.7 Å². The van der Waals surface area contributed by atoms with Crippen LogP contribution in [0, 0.1) is 0 Å². The Hall–Kier alpha value is 0.274. The molecule has 0 heterocycles. The Labute approximate surface area is 78.2 Å². The van der Waals surface area contributed by atoms with Crippen molar-refractivity contribution in [1.29, 1.82) is 0 Å². The van der Waals surface area contributed by atoms with Gasteiger partial charge in [0.25, 0.3) is 0 Å². The van der Waals surface area contributed by atoms with E-state index in [0.29, 0.717) is 6.54 Å². The lowest BCUT2D eigenvalue weighted by Crippen LogP contribution is -2.44. The normalized spacial score (nSPS) is 12.2. The van der Waals surface area contributed by atoms with Gasteiger partial charge in [-0.05, 0) is 13.0 Å². The minimum Gasteiger partial charge on any atom is -0.378 e. The van der Waals surface area contributed by atoms with E-state index in [1.54, 1.807) is 14.2 Å². The molecule has 0 saturated heterocycles. The Kier molecular flexibility index (Phi) is 6.91. The molecule has 0 atom stereocenters. The van der Waals surface area contributed by atoms with Crippen molar-refractivity contribution in [2.75, 3.05) is 27.0 Å². The first kappa shape index (κ1) is 12.3. The molecule has 12 heavy (non-hydrogen) atoms. The molecule has 0 aromatic heterocycles. The zero-order chi connectivity index (χ0) is 9.45. The Morgan fingerprint density at radius 3 is 2.25 bits per heavy atom. The highest BCUT2D eigenvalue weighted by atomic mass is 28.4. The summed E-state index contributed by atoms with van der Waals surface area (Å²) in [5.74, 6) is 0. The van der Waals surface area contributed by atoms with Crippen molar-refractivity contribution in [2.45, 2.75) is 12.5 Å². The van der Waals surface area contributed by atoms with Crippen molar-refractivity contribution < 1.29 is 13.3 Å². The van der Waals surface area contributed by atoms with Gasteiger partial charge in [0, 0.05) is 36.7 Å². The van der Waals surface area contributed by atoms with Crippen molar-refractivity contribution in [3.63, 3.8) is 0 Å². The van der Waals surface area contributed by atoms with Gasteiger partial charge in [0.05, 0.1) is 0 Å². The van der Waals surface area contributed by atoms with Crippen LogP contribution in [0.2, 0.25) is 6.04 Å². The van der Waals surface area contributed by atoms with E-state index in [2.05, 4.69) is 0 Å². The molecular weight excluding hydrogens is 190 g/mol. The summed E-state index contributed by atoms with van der Waals surface area (Å²) in [6, 6.07) is 0.818. The number of nitrogens with two attached hydrogens (primary N) is 1. The minimum atomic E-state index is -2.31. The molecule has 0 amide bonds. The van der Waals surface area contributed by atoms with Gasteiger partial charge in [-0.1, -0.05) is 0 Å². The second-order valence-corrected chi connectivity index (χ2v) is 5.97. The summed E-state index contributed by atoms with van der Waals surface area (Å²) in [5, 5.41) is 0. The fourth-order valence-electron chi connectivity index (χ4n) is 1.02. The van der Waals surface area contributed by atoms with Crippen LogP contribution in [0.4, 0.5) is 0 Å². The molecule has 0 spiro atoms. The van der Waals surface area contributed by atoms with Gasteiger partial charge in [-0.2, -0.15) is 0 Å². The third-order valence-electron chi connectivity index (χ3n) is 1.67. The predicted molar refractivity (Wildman–Crippen MR) is 54.1 cm³/mol. The molecule has 0 unspecified atom stereocenters. The maximum absolute atomic E-state index is 5.53. The Morgan fingerprint density at radius 2 is 1.92 bits per heavy atom. The quantitative estimate of drug-likeness (QED) is 0.541. The fourth-order valence-corrected chi connectivity index (χ4v) is 4.37. The molecule has 0 radical (unpaired) electrons.